The molecule has 0 bridgehead atoms. The van der Waals surface area contributed by atoms with Gasteiger partial charge in [0, 0.05) is 20.9 Å². The molecule has 2 N–H and O–H groups in total. The maximum absolute atomic E-state index is 11.9. The molecule has 1 aliphatic rings. The van der Waals surface area contributed by atoms with Crippen molar-refractivity contribution in [2.24, 2.45) is 0 Å². The number of ether oxygens (including phenoxy) is 1. The van der Waals surface area contributed by atoms with E-state index in [9.17, 15) is 9.90 Å². The Hall–Kier alpha value is -1.53. The molecular formula is C14H15BrN2O3. The number of carbonyl (C=O) groups excluding carboxylic acids is 1. The van der Waals surface area contributed by atoms with Crippen LogP contribution in [0.4, 0.5) is 4.79 Å². The molecule has 0 radical (unpaired) electrons. The Kier molecular flexibility index (Phi) is 3.43. The Morgan fingerprint density at radius 3 is 3.15 bits per heavy atom. The van der Waals surface area contributed by atoms with Crippen molar-refractivity contribution in [3.63, 3.8) is 0 Å². The van der Waals surface area contributed by atoms with Gasteiger partial charge in [0.25, 0.3) is 0 Å². The minimum Gasteiger partial charge on any atom is -0.450 e. The van der Waals surface area contributed by atoms with Crippen LogP contribution in [0.25, 0.3) is 10.9 Å². The summed E-state index contributed by atoms with van der Waals surface area (Å²) in [5.74, 6) is 0. The van der Waals surface area contributed by atoms with Gasteiger partial charge in [-0.15, -0.1) is 0 Å². The maximum Gasteiger partial charge on any atom is 0.410 e. The number of aliphatic hydroxyl groups excluding tert-OH is 1. The molecule has 1 amide bonds. The minimum atomic E-state index is -0.714. The van der Waals surface area contributed by atoms with Crippen LogP contribution in [0.1, 0.15) is 24.3 Å². The summed E-state index contributed by atoms with van der Waals surface area (Å²) in [5.41, 5.74) is 2.70. The number of nitrogens with one attached hydrogen (secondary N) is 1. The maximum atomic E-state index is 11.9. The lowest BCUT2D eigenvalue weighted by Gasteiger charge is -2.29. The molecule has 0 saturated heterocycles. The first kappa shape index (κ1) is 13.5. The number of aliphatic hydroxyl groups is 1. The number of fused-ring (bicyclic) bond motifs is 3. The predicted octanol–water partition coefficient (Wildman–Crippen LogP) is 2.94. The van der Waals surface area contributed by atoms with Crippen molar-refractivity contribution in [3.8, 4) is 0 Å². The number of nitrogens with zero attached hydrogens (tertiary/aromatic N) is 1. The topological polar surface area (TPSA) is 65.6 Å². The average Bonchev–Trinajstić information content (AvgIpc) is 2.78. The molecule has 0 fully saturated rings. The Balaban J connectivity index is 2.03. The van der Waals surface area contributed by atoms with Gasteiger partial charge in [-0.25, -0.2) is 4.79 Å². The molecule has 0 saturated carbocycles. The first-order valence-corrected chi connectivity index (χ1v) is 7.29. The molecule has 1 atom stereocenters. The molecule has 3 rings (SSSR count). The van der Waals surface area contributed by atoms with Crippen LogP contribution in [-0.4, -0.2) is 34.2 Å². The van der Waals surface area contributed by atoms with Gasteiger partial charge in [0.15, 0.2) is 0 Å². The fraction of sp³-hybridized carbons (Fsp3) is 0.357. The molecule has 2 aromatic rings. The number of hydrogen-bond donors (Lipinski definition) is 2. The number of benzene rings is 1. The summed E-state index contributed by atoms with van der Waals surface area (Å²) in [6, 6.07) is 5.89. The second-order valence-electron chi connectivity index (χ2n) is 4.80. The van der Waals surface area contributed by atoms with E-state index >= 15 is 0 Å². The number of halogens is 1. The Morgan fingerprint density at radius 1 is 1.60 bits per heavy atom. The van der Waals surface area contributed by atoms with Gasteiger partial charge in [-0.1, -0.05) is 15.9 Å². The molecule has 1 unspecified atom stereocenters. The lowest BCUT2D eigenvalue weighted by atomic mass is 10.0. The molecule has 1 aromatic heterocycles. The molecular weight excluding hydrogens is 324 g/mol. The van der Waals surface area contributed by atoms with Crippen molar-refractivity contribution in [1.29, 1.82) is 0 Å². The van der Waals surface area contributed by atoms with E-state index in [1.165, 1.54) is 4.90 Å². The SMILES string of the molecule is CCOC(=O)N1Cc2c([nH]c3ccc(Br)cc23)C(O)C1. The standard InChI is InChI=1S/C14H15BrN2O3/c1-2-20-14(19)17-6-10-9-5-8(15)3-4-11(9)16-13(10)12(18)7-17/h3-5,12,16,18H,2,6-7H2,1H3. The van der Waals surface area contributed by atoms with Crippen LogP contribution in [0.15, 0.2) is 22.7 Å². The summed E-state index contributed by atoms with van der Waals surface area (Å²) in [4.78, 5) is 16.6. The number of aromatic nitrogens is 1. The van der Waals surface area contributed by atoms with Gasteiger partial charge in [0.2, 0.25) is 0 Å². The number of rotatable bonds is 1. The van der Waals surface area contributed by atoms with Gasteiger partial charge >= 0.3 is 6.09 Å². The number of H-pyrrole nitrogens is 1. The Bertz CT molecular complexity index is 668. The zero-order valence-electron chi connectivity index (χ0n) is 11.0. The second kappa shape index (κ2) is 5.10. The van der Waals surface area contributed by atoms with Gasteiger partial charge in [-0.2, -0.15) is 0 Å². The molecule has 1 aliphatic heterocycles. The quantitative estimate of drug-likeness (QED) is 0.840. The summed E-state index contributed by atoms with van der Waals surface area (Å²) in [7, 11) is 0. The Morgan fingerprint density at radius 2 is 2.40 bits per heavy atom. The minimum absolute atomic E-state index is 0.250. The summed E-state index contributed by atoms with van der Waals surface area (Å²) in [5, 5.41) is 11.2. The average molecular weight is 339 g/mol. The van der Waals surface area contributed by atoms with Crippen LogP contribution in [0.3, 0.4) is 0 Å². The molecule has 20 heavy (non-hydrogen) atoms. The van der Waals surface area contributed by atoms with Gasteiger partial charge in [-0.3, -0.25) is 0 Å². The highest BCUT2D eigenvalue weighted by atomic mass is 79.9. The van der Waals surface area contributed by atoms with E-state index in [4.69, 9.17) is 4.74 Å². The van der Waals surface area contributed by atoms with E-state index in [-0.39, 0.29) is 12.6 Å². The lowest BCUT2D eigenvalue weighted by Crippen LogP contribution is -2.38. The normalized spacial score (nSPS) is 18.1. The van der Waals surface area contributed by atoms with Crippen LogP contribution < -0.4 is 0 Å². The van der Waals surface area contributed by atoms with E-state index in [2.05, 4.69) is 20.9 Å². The summed E-state index contributed by atoms with van der Waals surface area (Å²) in [6.07, 6.45) is -1.10. The van der Waals surface area contributed by atoms with Gasteiger partial charge in [-0.05, 0) is 25.1 Å². The number of β-amino-alcohol motifs (C(OH)–C–C–N with tert-alkyl or cyclic N) is 1. The van der Waals surface area contributed by atoms with E-state index in [1.807, 2.05) is 18.2 Å². The molecule has 2 heterocycles. The van der Waals surface area contributed by atoms with Gasteiger partial charge < -0.3 is 19.7 Å². The summed E-state index contributed by atoms with van der Waals surface area (Å²) < 4.78 is 5.98. The van der Waals surface area contributed by atoms with Gasteiger partial charge in [0.1, 0.15) is 6.10 Å². The highest BCUT2D eigenvalue weighted by Crippen LogP contribution is 2.34. The first-order valence-electron chi connectivity index (χ1n) is 6.50. The summed E-state index contributed by atoms with van der Waals surface area (Å²) >= 11 is 3.45. The van der Waals surface area contributed by atoms with E-state index < -0.39 is 6.10 Å². The van der Waals surface area contributed by atoms with Gasteiger partial charge in [0.05, 0.1) is 25.4 Å². The van der Waals surface area contributed by atoms with E-state index in [0.717, 1.165) is 26.6 Å². The molecule has 1 aromatic carbocycles. The zero-order chi connectivity index (χ0) is 14.3. The summed E-state index contributed by atoms with van der Waals surface area (Å²) in [6.45, 7) is 2.80. The number of carbonyl (C=O) groups is 1. The number of amides is 1. The molecule has 6 heteroatoms. The highest BCUT2D eigenvalue weighted by molar-refractivity contribution is 9.10. The third kappa shape index (κ3) is 2.19. The van der Waals surface area contributed by atoms with Crippen LogP contribution in [0.5, 0.6) is 0 Å². The van der Waals surface area contributed by atoms with Crippen molar-refractivity contribution in [1.82, 2.24) is 9.88 Å². The fourth-order valence-electron chi connectivity index (χ4n) is 2.60. The smallest absolute Gasteiger partial charge is 0.410 e. The van der Waals surface area contributed by atoms with Crippen molar-refractivity contribution in [2.45, 2.75) is 19.6 Å². The third-order valence-corrected chi connectivity index (χ3v) is 4.00. The number of hydrogen-bond acceptors (Lipinski definition) is 3. The number of aromatic amines is 1. The fourth-order valence-corrected chi connectivity index (χ4v) is 2.97. The molecule has 0 spiro atoms. The van der Waals surface area contributed by atoms with Crippen molar-refractivity contribution >= 4 is 32.9 Å². The second-order valence-corrected chi connectivity index (χ2v) is 5.72. The van der Waals surface area contributed by atoms with Crippen LogP contribution in [0.2, 0.25) is 0 Å². The predicted molar refractivity (Wildman–Crippen MR) is 78.4 cm³/mol. The largest absolute Gasteiger partial charge is 0.450 e. The van der Waals surface area contributed by atoms with E-state index in [0.29, 0.717) is 13.2 Å². The van der Waals surface area contributed by atoms with E-state index in [1.54, 1.807) is 6.92 Å². The van der Waals surface area contributed by atoms with Crippen LogP contribution >= 0.6 is 15.9 Å². The molecule has 5 nitrogen and oxygen atoms in total. The highest BCUT2D eigenvalue weighted by Gasteiger charge is 2.30. The van der Waals surface area contributed by atoms with Crippen molar-refractivity contribution < 1.29 is 14.6 Å². The van der Waals surface area contributed by atoms with Crippen molar-refractivity contribution in [3.05, 3.63) is 33.9 Å². The molecule has 106 valence electrons. The third-order valence-electron chi connectivity index (χ3n) is 3.50. The lowest BCUT2D eigenvalue weighted by molar-refractivity contribution is 0.0622. The van der Waals surface area contributed by atoms with Crippen LogP contribution in [0, 0.1) is 0 Å². The molecule has 0 aliphatic carbocycles. The first-order chi connectivity index (χ1) is 9.60. The Labute approximate surface area is 124 Å². The van der Waals surface area contributed by atoms with Crippen LogP contribution in [-0.2, 0) is 11.3 Å². The zero-order valence-corrected chi connectivity index (χ0v) is 12.6. The van der Waals surface area contributed by atoms with Crippen molar-refractivity contribution in [2.75, 3.05) is 13.2 Å². The monoisotopic (exact) mass is 338 g/mol.